The average Bonchev–Trinajstić information content (AvgIpc) is 2.33. The minimum Gasteiger partial charge on any atom is -0.397 e. The highest BCUT2D eigenvalue weighted by atomic mass is 79.9. The molecule has 18 heavy (non-hydrogen) atoms. The van der Waals surface area contributed by atoms with Crippen molar-refractivity contribution in [3.63, 3.8) is 0 Å². The van der Waals surface area contributed by atoms with Crippen molar-refractivity contribution >= 4 is 33.2 Å². The van der Waals surface area contributed by atoms with Gasteiger partial charge in [-0.15, -0.1) is 0 Å². The molecule has 0 bridgehead atoms. The van der Waals surface area contributed by atoms with Gasteiger partial charge in [-0.25, -0.2) is 0 Å². The predicted octanol–water partition coefficient (Wildman–Crippen LogP) is 3.20. The molecule has 0 fully saturated rings. The fraction of sp³-hybridized carbons (Fsp3) is 0.154. The van der Waals surface area contributed by atoms with Crippen molar-refractivity contribution in [3.05, 3.63) is 61.4 Å². The van der Waals surface area contributed by atoms with Crippen LogP contribution in [0.2, 0.25) is 5.02 Å². The summed E-state index contributed by atoms with van der Waals surface area (Å²) in [6, 6.07) is 7.41. The van der Waals surface area contributed by atoms with Crippen LogP contribution in [-0.4, -0.2) is 4.57 Å². The van der Waals surface area contributed by atoms with E-state index < -0.39 is 0 Å². The highest BCUT2D eigenvalue weighted by Gasteiger charge is 2.08. The second-order valence-electron chi connectivity index (χ2n) is 4.09. The average molecular weight is 328 g/mol. The van der Waals surface area contributed by atoms with Crippen LogP contribution in [0.1, 0.15) is 11.1 Å². The molecule has 0 aliphatic rings. The van der Waals surface area contributed by atoms with Crippen molar-refractivity contribution in [2.24, 2.45) is 0 Å². The molecule has 0 spiro atoms. The molecule has 0 atom stereocenters. The van der Waals surface area contributed by atoms with Gasteiger partial charge < -0.3 is 10.3 Å². The normalized spacial score (nSPS) is 10.6. The van der Waals surface area contributed by atoms with Crippen molar-refractivity contribution < 1.29 is 0 Å². The van der Waals surface area contributed by atoms with Crippen LogP contribution in [0.5, 0.6) is 0 Å². The minimum absolute atomic E-state index is 0.0957. The smallest absolute Gasteiger partial charge is 0.265 e. The van der Waals surface area contributed by atoms with E-state index in [0.29, 0.717) is 21.7 Å². The molecule has 0 unspecified atom stereocenters. The zero-order valence-electron chi connectivity index (χ0n) is 9.78. The number of nitrogen functional groups attached to an aromatic ring is 1. The Kier molecular flexibility index (Phi) is 3.78. The Hall–Kier alpha value is -1.26. The minimum atomic E-state index is -0.0957. The third-order valence-corrected chi connectivity index (χ3v) is 3.92. The maximum atomic E-state index is 12.1. The summed E-state index contributed by atoms with van der Waals surface area (Å²) in [5.41, 5.74) is 8.07. The Bertz CT molecular complexity index is 652. The van der Waals surface area contributed by atoms with Gasteiger partial charge in [-0.1, -0.05) is 23.7 Å². The van der Waals surface area contributed by atoms with Gasteiger partial charge in [-0.05, 0) is 46.1 Å². The van der Waals surface area contributed by atoms with Crippen LogP contribution in [0, 0.1) is 6.92 Å². The molecule has 1 aromatic heterocycles. The third-order valence-electron chi connectivity index (χ3n) is 2.75. The lowest BCUT2D eigenvalue weighted by Gasteiger charge is -2.10. The number of nitrogens with zero attached hydrogens (tertiary/aromatic N) is 1. The van der Waals surface area contributed by atoms with Crippen molar-refractivity contribution in [2.75, 3.05) is 5.73 Å². The van der Waals surface area contributed by atoms with Crippen molar-refractivity contribution in [3.8, 4) is 0 Å². The van der Waals surface area contributed by atoms with E-state index in [1.807, 2.05) is 25.1 Å². The third kappa shape index (κ3) is 2.60. The number of rotatable bonds is 2. The highest BCUT2D eigenvalue weighted by Crippen LogP contribution is 2.18. The number of aromatic nitrogens is 1. The first-order valence-corrected chi connectivity index (χ1v) is 6.55. The number of halogens is 2. The summed E-state index contributed by atoms with van der Waals surface area (Å²) in [4.78, 5) is 12.1. The lowest BCUT2D eigenvalue weighted by Crippen LogP contribution is -2.22. The van der Waals surface area contributed by atoms with Crippen LogP contribution in [0.15, 0.2) is 39.7 Å². The second kappa shape index (κ2) is 5.16. The van der Waals surface area contributed by atoms with Gasteiger partial charge in [0.1, 0.15) is 0 Å². The first-order valence-electron chi connectivity index (χ1n) is 5.38. The number of hydrogen-bond acceptors (Lipinski definition) is 2. The van der Waals surface area contributed by atoms with Gasteiger partial charge in [-0.2, -0.15) is 0 Å². The van der Waals surface area contributed by atoms with E-state index in [4.69, 9.17) is 17.3 Å². The molecule has 1 heterocycles. The molecule has 5 heteroatoms. The molecular formula is C13H12BrClN2O. The lowest BCUT2D eigenvalue weighted by atomic mass is 10.2. The number of hydrogen-bond donors (Lipinski definition) is 1. The van der Waals surface area contributed by atoms with Gasteiger partial charge in [0.05, 0.1) is 16.7 Å². The molecule has 3 nitrogen and oxygen atoms in total. The molecule has 0 amide bonds. The number of nitrogens with two attached hydrogens (primary N) is 1. The predicted molar refractivity (Wildman–Crippen MR) is 78.1 cm³/mol. The van der Waals surface area contributed by atoms with Crippen LogP contribution < -0.4 is 11.3 Å². The summed E-state index contributed by atoms with van der Waals surface area (Å²) < 4.78 is 2.07. The summed E-state index contributed by atoms with van der Waals surface area (Å²) in [6.45, 7) is 2.26. The molecule has 1 aromatic carbocycles. The summed E-state index contributed by atoms with van der Waals surface area (Å²) in [5.74, 6) is 0. The molecule has 2 rings (SSSR count). The molecule has 0 aliphatic carbocycles. The number of benzene rings is 1. The van der Waals surface area contributed by atoms with Gasteiger partial charge in [0.25, 0.3) is 5.56 Å². The highest BCUT2D eigenvalue weighted by molar-refractivity contribution is 9.10. The van der Waals surface area contributed by atoms with Crippen molar-refractivity contribution in [1.29, 1.82) is 0 Å². The van der Waals surface area contributed by atoms with E-state index in [-0.39, 0.29) is 5.56 Å². The van der Waals surface area contributed by atoms with Gasteiger partial charge in [0.15, 0.2) is 0 Å². The molecule has 0 saturated carbocycles. The Morgan fingerprint density at radius 1 is 1.44 bits per heavy atom. The van der Waals surface area contributed by atoms with Gasteiger partial charge in [-0.3, -0.25) is 4.79 Å². The second-order valence-corrected chi connectivity index (χ2v) is 5.32. The number of anilines is 1. The molecule has 2 aromatic rings. The van der Waals surface area contributed by atoms with Crippen LogP contribution >= 0.6 is 27.5 Å². The largest absolute Gasteiger partial charge is 0.397 e. The Labute approximate surface area is 118 Å². The van der Waals surface area contributed by atoms with Crippen LogP contribution in [-0.2, 0) is 6.54 Å². The van der Waals surface area contributed by atoms with Gasteiger partial charge in [0.2, 0.25) is 0 Å². The Morgan fingerprint density at radius 2 is 2.17 bits per heavy atom. The number of pyridine rings is 1. The summed E-state index contributed by atoms with van der Waals surface area (Å²) >= 11 is 9.19. The first kappa shape index (κ1) is 13.2. The van der Waals surface area contributed by atoms with E-state index in [0.717, 1.165) is 11.1 Å². The zero-order valence-corrected chi connectivity index (χ0v) is 12.1. The SMILES string of the molecule is Cc1c(N)cn(Cc2cccc(Cl)c2)c(=O)c1Br. The van der Waals surface area contributed by atoms with Crippen LogP contribution in [0.3, 0.4) is 0 Å². The first-order chi connectivity index (χ1) is 8.49. The fourth-order valence-corrected chi connectivity index (χ4v) is 2.36. The standard InChI is InChI=1S/C13H12BrClN2O/c1-8-11(16)7-17(13(18)12(8)14)6-9-3-2-4-10(15)5-9/h2-5,7H,6,16H2,1H3. The van der Waals surface area contributed by atoms with Crippen LogP contribution in [0.25, 0.3) is 0 Å². The zero-order chi connectivity index (χ0) is 13.3. The van der Waals surface area contributed by atoms with Gasteiger partial charge >= 0.3 is 0 Å². The molecular weight excluding hydrogens is 316 g/mol. The molecule has 0 saturated heterocycles. The molecule has 0 radical (unpaired) electrons. The summed E-state index contributed by atoms with van der Waals surface area (Å²) in [5, 5.41) is 0.652. The quantitative estimate of drug-likeness (QED) is 0.921. The fourth-order valence-electron chi connectivity index (χ4n) is 1.69. The van der Waals surface area contributed by atoms with E-state index in [1.165, 1.54) is 0 Å². The Morgan fingerprint density at radius 3 is 2.83 bits per heavy atom. The topological polar surface area (TPSA) is 48.0 Å². The monoisotopic (exact) mass is 326 g/mol. The van der Waals surface area contributed by atoms with E-state index in [2.05, 4.69) is 15.9 Å². The lowest BCUT2D eigenvalue weighted by molar-refractivity contribution is 0.754. The maximum absolute atomic E-state index is 12.1. The van der Waals surface area contributed by atoms with E-state index in [1.54, 1.807) is 16.8 Å². The Balaban J connectivity index is 2.44. The molecule has 94 valence electrons. The van der Waals surface area contributed by atoms with E-state index >= 15 is 0 Å². The molecule has 2 N–H and O–H groups in total. The maximum Gasteiger partial charge on any atom is 0.265 e. The summed E-state index contributed by atoms with van der Waals surface area (Å²) in [7, 11) is 0. The van der Waals surface area contributed by atoms with Crippen molar-refractivity contribution in [1.82, 2.24) is 4.57 Å². The van der Waals surface area contributed by atoms with Gasteiger partial charge in [0, 0.05) is 11.2 Å². The molecule has 0 aliphatic heterocycles. The summed E-state index contributed by atoms with van der Waals surface area (Å²) in [6.07, 6.45) is 1.66. The van der Waals surface area contributed by atoms with E-state index in [9.17, 15) is 4.79 Å². The van der Waals surface area contributed by atoms with Crippen LogP contribution in [0.4, 0.5) is 5.69 Å². The van der Waals surface area contributed by atoms with Crippen molar-refractivity contribution in [2.45, 2.75) is 13.5 Å².